The van der Waals surface area contributed by atoms with Gasteiger partial charge < -0.3 is 4.74 Å². The maximum atomic E-state index is 12.8. The summed E-state index contributed by atoms with van der Waals surface area (Å²) in [5.41, 5.74) is 2.85. The van der Waals surface area contributed by atoms with Gasteiger partial charge in [0, 0.05) is 38.8 Å². The number of hydrogen-bond donors (Lipinski definition) is 0. The first kappa shape index (κ1) is 17.5. The summed E-state index contributed by atoms with van der Waals surface area (Å²) >= 11 is 0. The minimum Gasteiger partial charge on any atom is -0.384 e. The van der Waals surface area contributed by atoms with E-state index in [1.165, 1.54) is 11.1 Å². The summed E-state index contributed by atoms with van der Waals surface area (Å²) in [5, 5.41) is 0. The molecule has 1 aromatic rings. The summed E-state index contributed by atoms with van der Waals surface area (Å²) in [5.74, 6) is 0.560. The van der Waals surface area contributed by atoms with Crippen LogP contribution in [-0.2, 0) is 21.2 Å². The third kappa shape index (κ3) is 3.25. The third-order valence-electron chi connectivity index (χ3n) is 6.23. The second-order valence-electron chi connectivity index (χ2n) is 7.58. The van der Waals surface area contributed by atoms with Gasteiger partial charge >= 0.3 is 0 Å². The van der Waals surface area contributed by atoms with Gasteiger partial charge in [0.25, 0.3) is 0 Å². The molecule has 3 aliphatic heterocycles. The zero-order chi connectivity index (χ0) is 17.4. The predicted octanol–water partition coefficient (Wildman–Crippen LogP) is 2.05. The Kier molecular flexibility index (Phi) is 4.88. The van der Waals surface area contributed by atoms with E-state index >= 15 is 0 Å². The maximum Gasteiger partial charge on any atom is 0.216 e. The average molecular weight is 365 g/mol. The zero-order valence-electron chi connectivity index (χ0n) is 14.9. The Hall–Kier alpha value is -0.950. The van der Waals surface area contributed by atoms with E-state index in [0.29, 0.717) is 18.5 Å². The van der Waals surface area contributed by atoms with Crippen molar-refractivity contribution in [3.05, 3.63) is 35.4 Å². The van der Waals surface area contributed by atoms with Crippen molar-refractivity contribution < 1.29 is 13.2 Å². The van der Waals surface area contributed by atoms with Gasteiger partial charge in [-0.2, -0.15) is 4.31 Å². The molecule has 0 bridgehead atoms. The van der Waals surface area contributed by atoms with Gasteiger partial charge in [0.2, 0.25) is 10.0 Å². The highest BCUT2D eigenvalue weighted by molar-refractivity contribution is 7.89. The summed E-state index contributed by atoms with van der Waals surface area (Å²) in [4.78, 5) is 2.59. The molecular formula is C19H28N2O3S. The minimum absolute atomic E-state index is 0.0949. The van der Waals surface area contributed by atoms with E-state index in [0.717, 1.165) is 38.8 Å². The molecule has 0 aliphatic carbocycles. The first-order valence-corrected chi connectivity index (χ1v) is 11.0. The van der Waals surface area contributed by atoms with Gasteiger partial charge in [-0.05, 0) is 42.7 Å². The van der Waals surface area contributed by atoms with Crippen LogP contribution in [0.25, 0.3) is 0 Å². The Balaban J connectivity index is 1.60. The molecule has 3 heterocycles. The van der Waals surface area contributed by atoms with Crippen LogP contribution in [0.2, 0.25) is 0 Å². The maximum absolute atomic E-state index is 12.8. The number of fused-ring (bicyclic) bond motifs is 4. The largest absolute Gasteiger partial charge is 0.384 e. The Morgan fingerprint density at radius 3 is 2.92 bits per heavy atom. The number of ether oxygens (including phenoxy) is 1. The Morgan fingerprint density at radius 1 is 1.24 bits per heavy atom. The van der Waals surface area contributed by atoms with Crippen LogP contribution >= 0.6 is 0 Å². The van der Waals surface area contributed by atoms with Gasteiger partial charge in [-0.25, -0.2) is 8.42 Å². The Bertz CT molecular complexity index is 721. The molecule has 0 saturated carbocycles. The number of sulfonamides is 1. The number of benzene rings is 1. The van der Waals surface area contributed by atoms with E-state index in [-0.39, 0.29) is 18.4 Å². The van der Waals surface area contributed by atoms with E-state index < -0.39 is 10.0 Å². The molecule has 2 saturated heterocycles. The molecule has 138 valence electrons. The first-order chi connectivity index (χ1) is 12.1. The summed E-state index contributed by atoms with van der Waals surface area (Å²) in [6, 6.07) is 9.20. The van der Waals surface area contributed by atoms with Crippen LogP contribution in [0.15, 0.2) is 24.3 Å². The standard InChI is InChI=1S/C19H28N2O3S/c1-24-11-12-25(22,23)21-9-4-6-16-14-20-10-8-15-5-2-3-7-17(15)19(20)13-18(16)21/h2-3,5,7,16,18-19H,4,6,8-14H2,1H3/t16-,18+,19-/m1/s1. The number of nitrogens with zero attached hydrogens (tertiary/aromatic N) is 2. The topological polar surface area (TPSA) is 49.9 Å². The lowest BCUT2D eigenvalue weighted by atomic mass is 9.77. The quantitative estimate of drug-likeness (QED) is 0.820. The smallest absolute Gasteiger partial charge is 0.216 e. The summed E-state index contributed by atoms with van der Waals surface area (Å²) in [6.07, 6.45) is 4.15. The van der Waals surface area contributed by atoms with Crippen molar-refractivity contribution in [2.24, 2.45) is 5.92 Å². The highest BCUT2D eigenvalue weighted by atomic mass is 32.2. The van der Waals surface area contributed by atoms with Crippen LogP contribution in [-0.4, -0.2) is 62.8 Å². The normalized spacial score (nSPS) is 30.4. The number of piperidine rings is 2. The van der Waals surface area contributed by atoms with Crippen molar-refractivity contribution in [2.45, 2.75) is 37.8 Å². The van der Waals surface area contributed by atoms with Crippen molar-refractivity contribution in [2.75, 3.05) is 39.1 Å². The third-order valence-corrected chi connectivity index (χ3v) is 8.08. The first-order valence-electron chi connectivity index (χ1n) is 9.40. The van der Waals surface area contributed by atoms with E-state index in [9.17, 15) is 8.42 Å². The van der Waals surface area contributed by atoms with Crippen molar-refractivity contribution in [3.63, 3.8) is 0 Å². The molecular weight excluding hydrogens is 336 g/mol. The van der Waals surface area contributed by atoms with Crippen LogP contribution < -0.4 is 0 Å². The highest BCUT2D eigenvalue weighted by Crippen LogP contribution is 2.43. The van der Waals surface area contributed by atoms with Gasteiger partial charge in [-0.15, -0.1) is 0 Å². The average Bonchev–Trinajstić information content (AvgIpc) is 2.64. The van der Waals surface area contributed by atoms with Gasteiger partial charge in [0.1, 0.15) is 0 Å². The molecule has 0 unspecified atom stereocenters. The molecule has 3 atom stereocenters. The Labute approximate surface area is 151 Å². The minimum atomic E-state index is -3.24. The molecule has 0 radical (unpaired) electrons. The van der Waals surface area contributed by atoms with Gasteiger partial charge in [-0.1, -0.05) is 24.3 Å². The van der Waals surface area contributed by atoms with Crippen LogP contribution in [0.1, 0.15) is 36.4 Å². The van der Waals surface area contributed by atoms with Crippen molar-refractivity contribution in [1.29, 1.82) is 0 Å². The summed E-state index contributed by atoms with van der Waals surface area (Å²) in [6.45, 7) is 3.07. The summed E-state index contributed by atoms with van der Waals surface area (Å²) in [7, 11) is -1.68. The van der Waals surface area contributed by atoms with Crippen LogP contribution in [0.5, 0.6) is 0 Å². The lowest BCUT2D eigenvalue weighted by molar-refractivity contribution is 0.0218. The van der Waals surface area contributed by atoms with Gasteiger partial charge in [-0.3, -0.25) is 4.90 Å². The molecule has 0 N–H and O–H groups in total. The van der Waals surface area contributed by atoms with E-state index in [1.807, 2.05) is 4.31 Å². The van der Waals surface area contributed by atoms with Crippen molar-refractivity contribution in [1.82, 2.24) is 9.21 Å². The molecule has 0 spiro atoms. The molecule has 25 heavy (non-hydrogen) atoms. The zero-order valence-corrected chi connectivity index (χ0v) is 15.7. The second kappa shape index (κ2) is 6.99. The van der Waals surface area contributed by atoms with Crippen LogP contribution in [0.3, 0.4) is 0 Å². The lowest BCUT2D eigenvalue weighted by Crippen LogP contribution is -2.57. The van der Waals surface area contributed by atoms with Crippen LogP contribution in [0, 0.1) is 5.92 Å². The molecule has 0 aromatic heterocycles. The number of rotatable bonds is 4. The molecule has 2 fully saturated rings. The predicted molar refractivity (Wildman–Crippen MR) is 98.0 cm³/mol. The fourth-order valence-corrected chi connectivity index (χ4v) is 6.69. The van der Waals surface area contributed by atoms with Crippen LogP contribution in [0.4, 0.5) is 0 Å². The molecule has 6 heteroatoms. The fraction of sp³-hybridized carbons (Fsp3) is 0.684. The van der Waals surface area contributed by atoms with Crippen molar-refractivity contribution in [3.8, 4) is 0 Å². The number of methoxy groups -OCH3 is 1. The second-order valence-corrected chi connectivity index (χ2v) is 9.63. The molecule has 5 nitrogen and oxygen atoms in total. The van der Waals surface area contributed by atoms with Gasteiger partial charge in [0.05, 0.1) is 12.4 Å². The lowest BCUT2D eigenvalue weighted by Gasteiger charge is -2.51. The number of hydrogen-bond acceptors (Lipinski definition) is 4. The van der Waals surface area contributed by atoms with Gasteiger partial charge in [0.15, 0.2) is 0 Å². The fourth-order valence-electron chi connectivity index (χ4n) is 5.00. The monoisotopic (exact) mass is 364 g/mol. The van der Waals surface area contributed by atoms with Crippen molar-refractivity contribution >= 4 is 10.0 Å². The molecule has 0 amide bonds. The van der Waals surface area contributed by atoms with E-state index in [4.69, 9.17) is 4.74 Å². The Morgan fingerprint density at radius 2 is 2.08 bits per heavy atom. The molecule has 3 aliphatic rings. The van der Waals surface area contributed by atoms with E-state index in [1.54, 1.807) is 7.11 Å². The van der Waals surface area contributed by atoms with E-state index in [2.05, 4.69) is 29.2 Å². The molecule has 1 aromatic carbocycles. The summed E-state index contributed by atoms with van der Waals surface area (Å²) < 4.78 is 32.5. The highest BCUT2D eigenvalue weighted by Gasteiger charge is 2.45. The SMILES string of the molecule is COCCS(=O)(=O)N1CCC[C@@H]2CN3CCc4ccccc4[C@H]3C[C@@H]21. The molecule has 4 rings (SSSR count).